The molecule has 3 amide bonds. The molecule has 1 fully saturated rings. The number of amides is 3. The molecule has 1 aliphatic heterocycles. The molecule has 2 atom stereocenters. The normalized spacial score (nSPS) is 21.6. The highest BCUT2D eigenvalue weighted by Gasteiger charge is 2.46. The van der Waals surface area contributed by atoms with Crippen LogP contribution in [0.15, 0.2) is 35.2 Å². The van der Waals surface area contributed by atoms with Gasteiger partial charge in [-0.15, -0.1) is 0 Å². The number of hydrogen-bond acceptors (Lipinski definition) is 5. The molecule has 29 heavy (non-hydrogen) atoms. The standard InChI is InChI=1S/C19H22ClN3O5S/c1-22(2)29(27,28)16-11-12(7-8-15(16)20)21-17(24)9-10-23-18(25)13-5-3-4-6-14(13)19(23)26/h3-4,7-8,11,13-14H,5-6,9-10H2,1-2H3,(H,21,24)/t13-,14+. The molecule has 1 N–H and O–H groups in total. The van der Waals surface area contributed by atoms with Gasteiger partial charge in [-0.25, -0.2) is 12.7 Å². The van der Waals surface area contributed by atoms with Crippen molar-refractivity contribution in [1.29, 1.82) is 0 Å². The molecule has 1 heterocycles. The summed E-state index contributed by atoms with van der Waals surface area (Å²) < 4.78 is 25.7. The lowest BCUT2D eigenvalue weighted by Crippen LogP contribution is -2.34. The van der Waals surface area contributed by atoms with Crippen molar-refractivity contribution in [1.82, 2.24) is 9.21 Å². The van der Waals surface area contributed by atoms with E-state index in [2.05, 4.69) is 5.32 Å². The van der Waals surface area contributed by atoms with E-state index in [-0.39, 0.29) is 52.2 Å². The zero-order valence-corrected chi connectivity index (χ0v) is 17.7. The molecule has 0 spiro atoms. The van der Waals surface area contributed by atoms with E-state index in [9.17, 15) is 22.8 Å². The predicted molar refractivity (Wildman–Crippen MR) is 108 cm³/mol. The summed E-state index contributed by atoms with van der Waals surface area (Å²) in [6, 6.07) is 4.15. The summed E-state index contributed by atoms with van der Waals surface area (Å²) >= 11 is 6.00. The third kappa shape index (κ3) is 4.22. The molecule has 3 rings (SSSR count). The van der Waals surface area contributed by atoms with E-state index in [0.717, 1.165) is 9.21 Å². The molecule has 10 heteroatoms. The zero-order valence-electron chi connectivity index (χ0n) is 16.1. The van der Waals surface area contributed by atoms with Gasteiger partial charge in [0.25, 0.3) is 0 Å². The number of carbonyl (C=O) groups excluding carboxylic acids is 3. The molecule has 0 saturated carbocycles. The van der Waals surface area contributed by atoms with Gasteiger partial charge in [-0.3, -0.25) is 19.3 Å². The van der Waals surface area contributed by atoms with Crippen LogP contribution in [0.3, 0.4) is 0 Å². The van der Waals surface area contributed by atoms with Crippen molar-refractivity contribution in [3.05, 3.63) is 35.4 Å². The third-order valence-corrected chi connectivity index (χ3v) is 7.43. The Kier molecular flexibility index (Phi) is 6.11. The number of nitrogens with zero attached hydrogens (tertiary/aromatic N) is 2. The Bertz CT molecular complexity index is 964. The number of fused-ring (bicyclic) bond motifs is 1. The number of allylic oxidation sites excluding steroid dienone is 2. The van der Waals surface area contributed by atoms with Crippen LogP contribution in [0.1, 0.15) is 19.3 Å². The fourth-order valence-electron chi connectivity index (χ4n) is 3.50. The first kappa shape index (κ1) is 21.5. The van der Waals surface area contributed by atoms with Crippen molar-refractivity contribution < 1.29 is 22.8 Å². The molecule has 1 saturated heterocycles. The van der Waals surface area contributed by atoms with Gasteiger partial charge >= 0.3 is 0 Å². The molecule has 1 aliphatic carbocycles. The van der Waals surface area contributed by atoms with Crippen LogP contribution in [-0.4, -0.2) is 56.0 Å². The molecule has 2 aliphatic rings. The number of sulfonamides is 1. The summed E-state index contributed by atoms with van der Waals surface area (Å²) in [5.41, 5.74) is 0.261. The van der Waals surface area contributed by atoms with Crippen LogP contribution in [0.5, 0.6) is 0 Å². The summed E-state index contributed by atoms with van der Waals surface area (Å²) in [6.07, 6.45) is 4.82. The Morgan fingerprint density at radius 1 is 1.17 bits per heavy atom. The molecule has 156 valence electrons. The average molecular weight is 440 g/mol. The van der Waals surface area contributed by atoms with Gasteiger partial charge < -0.3 is 5.32 Å². The zero-order chi connectivity index (χ0) is 21.3. The Morgan fingerprint density at radius 2 is 1.76 bits per heavy atom. The van der Waals surface area contributed by atoms with Crippen LogP contribution in [0.25, 0.3) is 0 Å². The highest BCUT2D eigenvalue weighted by Crippen LogP contribution is 2.35. The van der Waals surface area contributed by atoms with Crippen LogP contribution < -0.4 is 5.32 Å². The molecule has 1 aromatic rings. The molecule has 8 nitrogen and oxygen atoms in total. The van der Waals surface area contributed by atoms with Crippen molar-refractivity contribution in [3.63, 3.8) is 0 Å². The number of benzene rings is 1. The van der Waals surface area contributed by atoms with E-state index < -0.39 is 15.9 Å². The van der Waals surface area contributed by atoms with E-state index >= 15 is 0 Å². The van der Waals surface area contributed by atoms with Crippen LogP contribution in [-0.2, 0) is 24.4 Å². The minimum atomic E-state index is -3.77. The molecule has 0 aromatic heterocycles. The topological polar surface area (TPSA) is 104 Å². The summed E-state index contributed by atoms with van der Waals surface area (Å²) in [4.78, 5) is 38.2. The Morgan fingerprint density at radius 3 is 2.31 bits per heavy atom. The highest BCUT2D eigenvalue weighted by atomic mass is 35.5. The number of anilines is 1. The monoisotopic (exact) mass is 439 g/mol. The van der Waals surface area contributed by atoms with Crippen molar-refractivity contribution in [2.24, 2.45) is 11.8 Å². The summed E-state index contributed by atoms with van der Waals surface area (Å²) in [7, 11) is -1.01. The van der Waals surface area contributed by atoms with Crippen molar-refractivity contribution in [2.45, 2.75) is 24.2 Å². The molecule has 1 aromatic carbocycles. The van der Waals surface area contributed by atoms with Gasteiger partial charge in [0.2, 0.25) is 27.7 Å². The lowest BCUT2D eigenvalue weighted by molar-refractivity contribution is -0.140. The third-order valence-electron chi connectivity index (χ3n) is 5.13. The van der Waals surface area contributed by atoms with Gasteiger partial charge in [-0.1, -0.05) is 23.8 Å². The highest BCUT2D eigenvalue weighted by molar-refractivity contribution is 7.89. The SMILES string of the molecule is CN(C)S(=O)(=O)c1cc(NC(=O)CCN2C(=O)[C@H]3CC=CC[C@H]3C2=O)ccc1Cl. The molecular formula is C19H22ClN3O5S. The van der Waals surface area contributed by atoms with Crippen LogP contribution in [0.2, 0.25) is 5.02 Å². The first-order valence-electron chi connectivity index (χ1n) is 9.15. The number of nitrogens with one attached hydrogen (secondary N) is 1. The Labute approximate surface area is 174 Å². The quantitative estimate of drug-likeness (QED) is 0.538. The van der Waals surface area contributed by atoms with Crippen LogP contribution >= 0.6 is 11.6 Å². The smallest absolute Gasteiger partial charge is 0.244 e. The maximum absolute atomic E-state index is 12.4. The molecule has 0 unspecified atom stereocenters. The first-order valence-corrected chi connectivity index (χ1v) is 11.0. The second kappa shape index (κ2) is 8.25. The second-order valence-electron chi connectivity index (χ2n) is 7.21. The lowest BCUT2D eigenvalue weighted by Gasteiger charge is -2.16. The van der Waals surface area contributed by atoms with Gasteiger partial charge in [0.15, 0.2) is 0 Å². The number of imide groups is 1. The van der Waals surface area contributed by atoms with Gasteiger partial charge in [0.1, 0.15) is 4.90 Å². The Balaban J connectivity index is 1.65. The maximum atomic E-state index is 12.4. The van der Waals surface area contributed by atoms with E-state index in [1.54, 1.807) is 0 Å². The first-order chi connectivity index (χ1) is 13.6. The minimum Gasteiger partial charge on any atom is -0.326 e. The number of hydrogen-bond donors (Lipinski definition) is 1. The number of halogens is 1. The number of carbonyl (C=O) groups is 3. The summed E-state index contributed by atoms with van der Waals surface area (Å²) in [6.45, 7) is -0.00700. The van der Waals surface area contributed by atoms with E-state index in [0.29, 0.717) is 12.8 Å². The summed E-state index contributed by atoms with van der Waals surface area (Å²) in [5, 5.41) is 2.64. The second-order valence-corrected chi connectivity index (χ2v) is 9.74. The van der Waals surface area contributed by atoms with Crippen molar-refractivity contribution in [2.75, 3.05) is 26.0 Å². The Hall–Kier alpha value is -2.23. The minimum absolute atomic E-state index is 0.00700. The maximum Gasteiger partial charge on any atom is 0.244 e. The van der Waals surface area contributed by atoms with Gasteiger partial charge in [0, 0.05) is 32.7 Å². The van der Waals surface area contributed by atoms with E-state index in [4.69, 9.17) is 11.6 Å². The summed E-state index contributed by atoms with van der Waals surface area (Å²) in [5.74, 6) is -1.56. The van der Waals surface area contributed by atoms with E-state index in [1.807, 2.05) is 12.2 Å². The van der Waals surface area contributed by atoms with Gasteiger partial charge in [-0.2, -0.15) is 0 Å². The van der Waals surface area contributed by atoms with Crippen LogP contribution in [0, 0.1) is 11.8 Å². The number of rotatable bonds is 6. The lowest BCUT2D eigenvalue weighted by atomic mass is 9.85. The average Bonchev–Trinajstić information content (AvgIpc) is 2.92. The molecular weight excluding hydrogens is 418 g/mol. The fraction of sp³-hybridized carbons (Fsp3) is 0.421. The largest absolute Gasteiger partial charge is 0.326 e. The molecule has 0 bridgehead atoms. The van der Waals surface area contributed by atoms with Gasteiger partial charge in [-0.05, 0) is 31.0 Å². The number of likely N-dealkylation sites (tertiary alicyclic amines) is 1. The predicted octanol–water partition coefficient (Wildman–Crippen LogP) is 1.87. The van der Waals surface area contributed by atoms with Crippen molar-refractivity contribution in [3.8, 4) is 0 Å². The van der Waals surface area contributed by atoms with E-state index in [1.165, 1.54) is 32.3 Å². The fourth-order valence-corrected chi connectivity index (χ4v) is 4.90. The van der Waals surface area contributed by atoms with Crippen molar-refractivity contribution >= 4 is 45.0 Å². The van der Waals surface area contributed by atoms with Gasteiger partial charge in [0.05, 0.1) is 16.9 Å². The van der Waals surface area contributed by atoms with Crippen LogP contribution in [0.4, 0.5) is 5.69 Å². The molecule has 0 radical (unpaired) electrons.